The summed E-state index contributed by atoms with van der Waals surface area (Å²) in [6, 6.07) is 38.1. The Hall–Kier alpha value is -5.40. The number of fused-ring (bicyclic) bond motifs is 8. The Morgan fingerprint density at radius 2 is 1.15 bits per heavy atom. The van der Waals surface area contributed by atoms with Crippen LogP contribution < -0.4 is 0 Å². The highest BCUT2D eigenvalue weighted by Gasteiger charge is 2.19. The molecule has 190 valence electrons. The molecule has 0 saturated heterocycles. The van der Waals surface area contributed by atoms with Gasteiger partial charge in [-0.25, -0.2) is 0 Å². The van der Waals surface area contributed by atoms with Gasteiger partial charge in [-0.1, -0.05) is 121 Å². The molecule has 0 bridgehead atoms. The lowest BCUT2D eigenvalue weighted by Crippen LogP contribution is -1.88. The molecular formula is C40H24O. The lowest BCUT2D eigenvalue weighted by atomic mass is 9.88. The van der Waals surface area contributed by atoms with Gasteiger partial charge in [-0.15, -0.1) is 0 Å². The van der Waals surface area contributed by atoms with Crippen molar-refractivity contribution in [1.29, 1.82) is 0 Å². The van der Waals surface area contributed by atoms with Crippen molar-refractivity contribution in [3.8, 4) is 22.3 Å². The fraction of sp³-hybridized carbons (Fsp3) is 0. The summed E-state index contributed by atoms with van der Waals surface area (Å²) >= 11 is 0. The predicted molar refractivity (Wildman–Crippen MR) is 175 cm³/mol. The van der Waals surface area contributed by atoms with Gasteiger partial charge in [0.05, 0.1) is 6.85 Å². The second-order valence-electron chi connectivity index (χ2n) is 10.5. The molecule has 0 saturated carbocycles. The highest BCUT2D eigenvalue weighted by atomic mass is 16.3. The molecule has 0 aliphatic carbocycles. The van der Waals surface area contributed by atoms with Crippen LogP contribution in [-0.4, -0.2) is 0 Å². The summed E-state index contributed by atoms with van der Waals surface area (Å²) in [6.07, 6.45) is 0. The van der Waals surface area contributed by atoms with Gasteiger partial charge < -0.3 is 4.42 Å². The number of rotatable bonds is 2. The van der Waals surface area contributed by atoms with Crippen molar-refractivity contribution < 1.29 is 11.3 Å². The van der Waals surface area contributed by atoms with Crippen LogP contribution in [0.25, 0.3) is 87.3 Å². The summed E-state index contributed by atoms with van der Waals surface area (Å²) in [5.74, 6) is 0. The minimum absolute atomic E-state index is 0.183. The Kier molecular flexibility index (Phi) is 3.76. The van der Waals surface area contributed by atoms with Crippen LogP contribution in [0.3, 0.4) is 0 Å². The van der Waals surface area contributed by atoms with Crippen molar-refractivity contribution in [3.63, 3.8) is 0 Å². The molecule has 9 aromatic rings. The van der Waals surface area contributed by atoms with E-state index in [1.807, 2.05) is 36.4 Å². The SMILES string of the molecule is [2H]c1c([2H])c([2H])c(-c2cccc3cc4c(cc23)oc2cccc(-c3c5ccccc5cc5c3ccc3ccccc35)c24)c([2H])c1[2H]. The van der Waals surface area contributed by atoms with Crippen LogP contribution in [0.2, 0.25) is 0 Å². The first-order valence-electron chi connectivity index (χ1n) is 16.2. The molecule has 0 unspecified atom stereocenters. The van der Waals surface area contributed by atoms with E-state index in [9.17, 15) is 0 Å². The Balaban J connectivity index is 1.38. The third-order valence-corrected chi connectivity index (χ3v) is 8.30. The van der Waals surface area contributed by atoms with Crippen molar-refractivity contribution in [2.24, 2.45) is 0 Å². The van der Waals surface area contributed by atoms with Gasteiger partial charge in [-0.05, 0) is 89.6 Å². The maximum absolute atomic E-state index is 8.61. The van der Waals surface area contributed by atoms with Gasteiger partial charge in [0.15, 0.2) is 0 Å². The van der Waals surface area contributed by atoms with Gasteiger partial charge >= 0.3 is 0 Å². The van der Waals surface area contributed by atoms with Gasteiger partial charge in [0.25, 0.3) is 0 Å². The van der Waals surface area contributed by atoms with Crippen LogP contribution in [-0.2, 0) is 0 Å². The Morgan fingerprint density at radius 1 is 0.439 bits per heavy atom. The van der Waals surface area contributed by atoms with Crippen LogP contribution in [0.1, 0.15) is 6.85 Å². The number of hydrogen-bond donors (Lipinski definition) is 0. The zero-order chi connectivity index (χ0) is 31.3. The van der Waals surface area contributed by atoms with E-state index < -0.39 is 6.04 Å². The van der Waals surface area contributed by atoms with Gasteiger partial charge in [0.2, 0.25) is 0 Å². The third kappa shape index (κ3) is 3.30. The molecule has 41 heavy (non-hydrogen) atoms. The average molecular weight is 526 g/mol. The molecule has 0 aliphatic rings. The molecule has 9 rings (SSSR count). The molecule has 0 amide bonds. The second-order valence-corrected chi connectivity index (χ2v) is 10.5. The van der Waals surface area contributed by atoms with Crippen LogP contribution in [0.15, 0.2) is 150 Å². The first-order valence-corrected chi connectivity index (χ1v) is 13.7. The molecule has 1 nitrogen and oxygen atoms in total. The normalized spacial score (nSPS) is 13.6. The molecule has 0 aliphatic heterocycles. The van der Waals surface area contributed by atoms with E-state index in [1.165, 1.54) is 26.9 Å². The first-order chi connectivity index (χ1) is 22.4. The van der Waals surface area contributed by atoms with Crippen LogP contribution in [0.4, 0.5) is 0 Å². The van der Waals surface area contributed by atoms with Gasteiger partial charge in [-0.2, -0.15) is 0 Å². The quantitative estimate of drug-likeness (QED) is 0.162. The highest BCUT2D eigenvalue weighted by Crippen LogP contribution is 2.45. The van der Waals surface area contributed by atoms with Crippen LogP contribution >= 0.6 is 0 Å². The molecule has 0 N–H and O–H groups in total. The molecule has 0 fully saturated rings. The Morgan fingerprint density at radius 3 is 2.05 bits per heavy atom. The van der Waals surface area contributed by atoms with Crippen molar-refractivity contribution in [2.45, 2.75) is 0 Å². The summed E-state index contributed by atoms with van der Waals surface area (Å²) < 4.78 is 48.3. The zero-order valence-electron chi connectivity index (χ0n) is 26.9. The number of benzene rings is 8. The number of furan rings is 1. The molecule has 0 radical (unpaired) electrons. The van der Waals surface area contributed by atoms with E-state index in [2.05, 4.69) is 78.9 Å². The second kappa shape index (κ2) is 8.55. The number of hydrogen-bond acceptors (Lipinski definition) is 1. The van der Waals surface area contributed by atoms with Gasteiger partial charge in [0, 0.05) is 10.8 Å². The summed E-state index contributed by atoms with van der Waals surface area (Å²) in [5, 5.41) is 10.7. The lowest BCUT2D eigenvalue weighted by molar-refractivity contribution is 0.669. The van der Waals surface area contributed by atoms with Crippen molar-refractivity contribution in [3.05, 3.63) is 145 Å². The molecular weight excluding hydrogens is 496 g/mol. The summed E-state index contributed by atoms with van der Waals surface area (Å²) in [5.41, 5.74) is 4.42. The highest BCUT2D eigenvalue weighted by molar-refractivity contribution is 6.25. The van der Waals surface area contributed by atoms with E-state index in [0.717, 1.165) is 43.6 Å². The summed E-state index contributed by atoms with van der Waals surface area (Å²) in [7, 11) is 0. The molecule has 1 heterocycles. The van der Waals surface area contributed by atoms with E-state index in [1.54, 1.807) is 0 Å². The molecule has 0 atom stereocenters. The van der Waals surface area contributed by atoms with Crippen molar-refractivity contribution in [2.75, 3.05) is 0 Å². The van der Waals surface area contributed by atoms with E-state index in [4.69, 9.17) is 11.3 Å². The van der Waals surface area contributed by atoms with E-state index in [0.29, 0.717) is 11.1 Å². The van der Waals surface area contributed by atoms with Crippen LogP contribution in [0, 0.1) is 0 Å². The standard InChI is InChI=1S/C40H24O/c1-2-10-25(11-3-1)29-17-8-14-28-23-36-38(24-34(28)29)41-37-19-9-18-33(40(36)37)39-31-16-7-5-13-27(31)22-35-30-15-6-4-12-26(30)20-21-32(35)39/h1-24H/i1D,2D,3D,10D,11D. The topological polar surface area (TPSA) is 13.1 Å². The molecule has 0 spiro atoms. The van der Waals surface area contributed by atoms with E-state index in [-0.39, 0.29) is 29.7 Å². The van der Waals surface area contributed by atoms with Crippen molar-refractivity contribution >= 4 is 65.0 Å². The first kappa shape index (κ1) is 18.0. The third-order valence-electron chi connectivity index (χ3n) is 8.30. The molecule has 1 aromatic heterocycles. The molecule has 8 aromatic carbocycles. The monoisotopic (exact) mass is 525 g/mol. The Bertz CT molecular complexity index is 2730. The predicted octanol–water partition coefficient (Wildman–Crippen LogP) is 11.5. The van der Waals surface area contributed by atoms with Crippen molar-refractivity contribution in [1.82, 2.24) is 0 Å². The van der Waals surface area contributed by atoms with Gasteiger partial charge in [-0.3, -0.25) is 0 Å². The summed E-state index contributed by atoms with van der Waals surface area (Å²) in [4.78, 5) is 0. The average Bonchev–Trinajstić information content (AvgIpc) is 3.46. The minimum Gasteiger partial charge on any atom is -0.456 e. The van der Waals surface area contributed by atoms with Crippen LogP contribution in [0.5, 0.6) is 0 Å². The fourth-order valence-corrected chi connectivity index (χ4v) is 6.52. The summed E-state index contributed by atoms with van der Waals surface area (Å²) in [6.45, 7) is 0. The zero-order valence-corrected chi connectivity index (χ0v) is 21.9. The molecule has 1 heteroatoms. The fourth-order valence-electron chi connectivity index (χ4n) is 6.52. The van der Waals surface area contributed by atoms with Gasteiger partial charge in [0.1, 0.15) is 11.2 Å². The Labute approximate surface area is 243 Å². The maximum Gasteiger partial charge on any atom is 0.136 e. The lowest BCUT2D eigenvalue weighted by Gasteiger charge is -2.15. The smallest absolute Gasteiger partial charge is 0.136 e. The van der Waals surface area contributed by atoms with E-state index >= 15 is 0 Å². The largest absolute Gasteiger partial charge is 0.456 e. The maximum atomic E-state index is 8.61. The minimum atomic E-state index is -0.403.